The van der Waals surface area contributed by atoms with Crippen LogP contribution in [-0.2, 0) is 0 Å². The second-order valence-corrected chi connectivity index (χ2v) is 9.03. The molecular weight excluding hydrogens is 351 g/mol. The maximum absolute atomic E-state index is 13.4. The predicted molar refractivity (Wildman–Crippen MR) is 111 cm³/mol. The molecule has 0 N–H and O–H groups in total. The first-order chi connectivity index (χ1) is 13.3. The van der Waals surface area contributed by atoms with Crippen molar-refractivity contribution in [3.05, 3.63) is 65.0 Å². The number of fused-ring (bicyclic) bond motifs is 1. The molecule has 2 aliphatic rings. The zero-order chi connectivity index (χ0) is 20.1. The Morgan fingerprint density at radius 3 is 2.46 bits per heavy atom. The van der Waals surface area contributed by atoms with Crippen LogP contribution in [0.25, 0.3) is 0 Å². The van der Waals surface area contributed by atoms with Gasteiger partial charge in [-0.05, 0) is 94.0 Å². The van der Waals surface area contributed by atoms with E-state index in [1.165, 1.54) is 17.7 Å². The van der Waals surface area contributed by atoms with Crippen LogP contribution in [0.2, 0.25) is 0 Å². The average Bonchev–Trinajstić information content (AvgIpc) is 2.93. The van der Waals surface area contributed by atoms with Crippen molar-refractivity contribution in [3.8, 4) is 0 Å². The van der Waals surface area contributed by atoms with Gasteiger partial charge in [0.1, 0.15) is 5.82 Å². The van der Waals surface area contributed by atoms with Gasteiger partial charge in [-0.1, -0.05) is 6.07 Å². The lowest BCUT2D eigenvalue weighted by atomic mass is 9.89. The first kappa shape index (κ1) is 19.0. The standard InChI is InChI=1S/C24H29FN2O/c1-16-5-6-18(13-17(16)2)23(28)26-12-11-22-19(15-26)14-24(3,4)27(22)21-9-7-20(25)8-10-21/h5-10,13,19,22H,11-12,14-15H2,1-4H3/t19-,22+/m1/s1. The van der Waals surface area contributed by atoms with Crippen molar-refractivity contribution >= 4 is 11.6 Å². The zero-order valence-corrected chi connectivity index (χ0v) is 17.2. The van der Waals surface area contributed by atoms with Gasteiger partial charge in [0.15, 0.2) is 0 Å². The molecule has 2 saturated heterocycles. The summed E-state index contributed by atoms with van der Waals surface area (Å²) in [4.78, 5) is 17.5. The highest BCUT2D eigenvalue weighted by Crippen LogP contribution is 2.44. The minimum atomic E-state index is -0.203. The molecule has 2 aliphatic heterocycles. The fourth-order valence-electron chi connectivity index (χ4n) is 5.13. The molecule has 148 valence electrons. The van der Waals surface area contributed by atoms with E-state index in [9.17, 15) is 9.18 Å². The summed E-state index contributed by atoms with van der Waals surface area (Å²) in [6.45, 7) is 10.2. The molecule has 1 amide bonds. The first-order valence-corrected chi connectivity index (χ1v) is 10.2. The third-order valence-electron chi connectivity index (χ3n) is 6.59. The lowest BCUT2D eigenvalue weighted by Gasteiger charge is -2.42. The van der Waals surface area contributed by atoms with Crippen LogP contribution in [0.1, 0.15) is 48.2 Å². The summed E-state index contributed by atoms with van der Waals surface area (Å²) in [7, 11) is 0. The van der Waals surface area contributed by atoms with Crippen molar-refractivity contribution in [3.63, 3.8) is 0 Å². The first-order valence-electron chi connectivity index (χ1n) is 10.2. The Balaban J connectivity index is 1.54. The van der Waals surface area contributed by atoms with Crippen molar-refractivity contribution in [2.75, 3.05) is 18.0 Å². The van der Waals surface area contributed by atoms with E-state index in [1.54, 1.807) is 0 Å². The molecule has 0 aromatic heterocycles. The largest absolute Gasteiger partial charge is 0.363 e. The number of hydrogen-bond acceptors (Lipinski definition) is 2. The van der Waals surface area contributed by atoms with Gasteiger partial charge in [0.05, 0.1) is 0 Å². The fourth-order valence-corrected chi connectivity index (χ4v) is 5.13. The Morgan fingerprint density at radius 2 is 1.79 bits per heavy atom. The number of halogens is 1. The number of rotatable bonds is 2. The Kier molecular flexibility index (Phi) is 4.68. The lowest BCUT2D eigenvalue weighted by molar-refractivity contribution is 0.0667. The van der Waals surface area contributed by atoms with E-state index in [2.05, 4.69) is 32.6 Å². The summed E-state index contributed by atoms with van der Waals surface area (Å²) >= 11 is 0. The van der Waals surface area contributed by atoms with E-state index in [0.29, 0.717) is 12.0 Å². The van der Waals surface area contributed by atoms with Crippen molar-refractivity contribution in [1.82, 2.24) is 4.90 Å². The highest BCUT2D eigenvalue weighted by molar-refractivity contribution is 5.94. The molecule has 2 fully saturated rings. The normalized spacial score (nSPS) is 23.6. The van der Waals surface area contributed by atoms with Gasteiger partial charge in [0, 0.05) is 35.9 Å². The number of hydrogen-bond donors (Lipinski definition) is 0. The van der Waals surface area contributed by atoms with E-state index in [0.717, 1.165) is 42.7 Å². The summed E-state index contributed by atoms with van der Waals surface area (Å²) in [5.74, 6) is 0.370. The van der Waals surface area contributed by atoms with Crippen LogP contribution in [-0.4, -0.2) is 35.5 Å². The Labute approximate surface area is 167 Å². The quantitative estimate of drug-likeness (QED) is 0.735. The van der Waals surface area contributed by atoms with E-state index >= 15 is 0 Å². The molecule has 0 bridgehead atoms. The summed E-state index contributed by atoms with van der Waals surface area (Å²) in [6, 6.07) is 13.2. The summed E-state index contributed by atoms with van der Waals surface area (Å²) in [5, 5.41) is 0. The third kappa shape index (κ3) is 3.30. The number of carbonyl (C=O) groups excluding carboxylic acids is 1. The smallest absolute Gasteiger partial charge is 0.253 e. The van der Waals surface area contributed by atoms with Gasteiger partial charge >= 0.3 is 0 Å². The maximum atomic E-state index is 13.4. The van der Waals surface area contributed by atoms with E-state index in [1.807, 2.05) is 35.2 Å². The van der Waals surface area contributed by atoms with Gasteiger partial charge in [0.2, 0.25) is 0 Å². The highest BCUT2D eigenvalue weighted by Gasteiger charge is 2.48. The van der Waals surface area contributed by atoms with Crippen LogP contribution in [0, 0.1) is 25.6 Å². The molecule has 2 aromatic carbocycles. The van der Waals surface area contributed by atoms with Crippen molar-refractivity contribution in [2.24, 2.45) is 5.92 Å². The van der Waals surface area contributed by atoms with Gasteiger partial charge in [0.25, 0.3) is 5.91 Å². The lowest BCUT2D eigenvalue weighted by Crippen LogP contribution is -2.50. The number of carbonyl (C=O) groups is 1. The fraction of sp³-hybridized carbons (Fsp3) is 0.458. The number of nitrogens with zero attached hydrogens (tertiary/aromatic N) is 2. The Morgan fingerprint density at radius 1 is 1.07 bits per heavy atom. The topological polar surface area (TPSA) is 23.6 Å². The molecule has 28 heavy (non-hydrogen) atoms. The molecule has 2 heterocycles. The number of anilines is 1. The van der Waals surface area contributed by atoms with Crippen molar-refractivity contribution < 1.29 is 9.18 Å². The minimum Gasteiger partial charge on any atom is -0.363 e. The number of amides is 1. The number of likely N-dealkylation sites (tertiary alicyclic amines) is 1. The molecule has 3 nitrogen and oxygen atoms in total. The molecule has 4 heteroatoms. The maximum Gasteiger partial charge on any atom is 0.253 e. The van der Waals surface area contributed by atoms with Gasteiger partial charge in [-0.3, -0.25) is 4.79 Å². The van der Waals surface area contributed by atoms with Gasteiger partial charge in [-0.2, -0.15) is 0 Å². The monoisotopic (exact) mass is 380 g/mol. The third-order valence-corrected chi connectivity index (χ3v) is 6.59. The molecular formula is C24H29FN2O. The summed E-state index contributed by atoms with van der Waals surface area (Å²) < 4.78 is 13.4. The van der Waals surface area contributed by atoms with Crippen LogP contribution in [0.3, 0.4) is 0 Å². The van der Waals surface area contributed by atoms with Gasteiger partial charge in [-0.25, -0.2) is 4.39 Å². The van der Waals surface area contributed by atoms with Crippen LogP contribution < -0.4 is 4.90 Å². The molecule has 0 spiro atoms. The predicted octanol–water partition coefficient (Wildman–Crippen LogP) is 4.96. The van der Waals surface area contributed by atoms with Crippen molar-refractivity contribution in [1.29, 1.82) is 0 Å². The molecule has 2 atom stereocenters. The second kappa shape index (κ2) is 6.91. The number of aryl methyl sites for hydroxylation is 2. The van der Waals surface area contributed by atoms with Crippen LogP contribution in [0.5, 0.6) is 0 Å². The molecule has 4 rings (SSSR count). The van der Waals surface area contributed by atoms with Gasteiger partial charge < -0.3 is 9.80 Å². The van der Waals surface area contributed by atoms with Crippen LogP contribution in [0.4, 0.5) is 10.1 Å². The summed E-state index contributed by atoms with van der Waals surface area (Å²) in [5.41, 5.74) is 4.22. The molecule has 2 aromatic rings. The number of piperidine rings is 1. The van der Waals surface area contributed by atoms with E-state index in [-0.39, 0.29) is 17.3 Å². The molecule has 0 saturated carbocycles. The Bertz CT molecular complexity index is 890. The zero-order valence-electron chi connectivity index (χ0n) is 17.2. The van der Waals surface area contributed by atoms with Crippen molar-refractivity contribution in [2.45, 2.75) is 52.1 Å². The minimum absolute atomic E-state index is 0.00727. The van der Waals surface area contributed by atoms with Gasteiger partial charge in [-0.15, -0.1) is 0 Å². The molecule has 0 aliphatic carbocycles. The second-order valence-electron chi connectivity index (χ2n) is 9.03. The average molecular weight is 381 g/mol. The molecule has 0 radical (unpaired) electrons. The Hall–Kier alpha value is -2.36. The summed E-state index contributed by atoms with van der Waals surface area (Å²) in [6.07, 6.45) is 1.98. The van der Waals surface area contributed by atoms with E-state index in [4.69, 9.17) is 0 Å². The SMILES string of the molecule is Cc1ccc(C(=O)N2CC[C@H]3[C@@H](C2)CC(C)(C)N3c2ccc(F)cc2)cc1C. The van der Waals surface area contributed by atoms with Crippen LogP contribution in [0.15, 0.2) is 42.5 Å². The number of benzene rings is 2. The molecule has 0 unspecified atom stereocenters. The van der Waals surface area contributed by atoms with Crippen LogP contribution >= 0.6 is 0 Å². The highest BCUT2D eigenvalue weighted by atomic mass is 19.1. The van der Waals surface area contributed by atoms with E-state index < -0.39 is 0 Å².